The van der Waals surface area contributed by atoms with Crippen LogP contribution in [0.5, 0.6) is 0 Å². The standard InChI is InChI=1S/C8H10N2/c1-2-9-7-8-5-3-4-6-10-8/h3-7H,2H2,1H3/b9-7+. The fraction of sp³-hybridized carbons (Fsp3) is 0.250. The molecule has 0 spiro atoms. The van der Waals surface area contributed by atoms with Crippen LogP contribution in [-0.4, -0.2) is 17.7 Å². The summed E-state index contributed by atoms with van der Waals surface area (Å²) < 4.78 is 0. The molecule has 1 heterocycles. The van der Waals surface area contributed by atoms with Crippen molar-refractivity contribution < 1.29 is 0 Å². The summed E-state index contributed by atoms with van der Waals surface area (Å²) in [6, 6.07) is 5.77. The number of pyridine rings is 1. The van der Waals surface area contributed by atoms with Crippen LogP contribution in [0.3, 0.4) is 0 Å². The Balaban J connectivity index is 2.67. The van der Waals surface area contributed by atoms with Gasteiger partial charge in [-0.15, -0.1) is 0 Å². The molecule has 2 nitrogen and oxygen atoms in total. The van der Waals surface area contributed by atoms with Crippen molar-refractivity contribution in [2.75, 3.05) is 6.54 Å². The van der Waals surface area contributed by atoms with E-state index in [1.54, 1.807) is 12.4 Å². The van der Waals surface area contributed by atoms with E-state index < -0.39 is 0 Å². The zero-order chi connectivity index (χ0) is 7.23. The van der Waals surface area contributed by atoms with Crippen molar-refractivity contribution in [3.63, 3.8) is 0 Å². The van der Waals surface area contributed by atoms with Crippen LogP contribution in [0.1, 0.15) is 12.6 Å². The maximum Gasteiger partial charge on any atom is 0.0807 e. The van der Waals surface area contributed by atoms with Crippen LogP contribution in [0.25, 0.3) is 0 Å². The van der Waals surface area contributed by atoms with Crippen molar-refractivity contribution >= 4 is 6.21 Å². The highest BCUT2D eigenvalue weighted by molar-refractivity contribution is 5.76. The van der Waals surface area contributed by atoms with E-state index in [4.69, 9.17) is 0 Å². The van der Waals surface area contributed by atoms with Gasteiger partial charge >= 0.3 is 0 Å². The molecule has 0 amide bonds. The Morgan fingerprint density at radius 1 is 1.60 bits per heavy atom. The summed E-state index contributed by atoms with van der Waals surface area (Å²) >= 11 is 0. The van der Waals surface area contributed by atoms with Crippen LogP contribution in [0, 0.1) is 0 Å². The Labute approximate surface area is 60.6 Å². The highest BCUT2D eigenvalue weighted by Crippen LogP contribution is 1.87. The highest BCUT2D eigenvalue weighted by Gasteiger charge is 1.81. The van der Waals surface area contributed by atoms with E-state index in [1.165, 1.54) is 0 Å². The van der Waals surface area contributed by atoms with Crippen molar-refractivity contribution in [1.29, 1.82) is 0 Å². The summed E-state index contributed by atoms with van der Waals surface area (Å²) in [5.41, 5.74) is 0.921. The molecular weight excluding hydrogens is 124 g/mol. The maximum absolute atomic E-state index is 4.07. The first-order valence-electron chi connectivity index (χ1n) is 3.34. The van der Waals surface area contributed by atoms with Gasteiger partial charge in [-0.2, -0.15) is 0 Å². The summed E-state index contributed by atoms with van der Waals surface area (Å²) in [4.78, 5) is 8.12. The second-order valence-electron chi connectivity index (χ2n) is 1.88. The lowest BCUT2D eigenvalue weighted by molar-refractivity contribution is 1.13. The van der Waals surface area contributed by atoms with Crippen LogP contribution < -0.4 is 0 Å². The third-order valence-corrected chi connectivity index (χ3v) is 1.09. The lowest BCUT2D eigenvalue weighted by Crippen LogP contribution is -1.84. The smallest absolute Gasteiger partial charge is 0.0807 e. The number of hydrogen-bond donors (Lipinski definition) is 0. The molecule has 0 aliphatic heterocycles. The van der Waals surface area contributed by atoms with Crippen molar-refractivity contribution in [2.24, 2.45) is 4.99 Å². The van der Waals surface area contributed by atoms with E-state index in [2.05, 4.69) is 9.98 Å². The Hall–Kier alpha value is -1.18. The van der Waals surface area contributed by atoms with Crippen LogP contribution in [0.15, 0.2) is 29.4 Å². The molecule has 0 saturated heterocycles. The second kappa shape index (κ2) is 3.77. The molecule has 0 aliphatic rings. The predicted octanol–water partition coefficient (Wildman–Crippen LogP) is 1.52. The molecule has 0 unspecified atom stereocenters. The van der Waals surface area contributed by atoms with Crippen LogP contribution in [0.2, 0.25) is 0 Å². The first kappa shape index (κ1) is 6.93. The van der Waals surface area contributed by atoms with Gasteiger partial charge in [-0.3, -0.25) is 9.98 Å². The number of rotatable bonds is 2. The monoisotopic (exact) mass is 134 g/mol. The summed E-state index contributed by atoms with van der Waals surface area (Å²) in [6.45, 7) is 2.82. The molecule has 0 saturated carbocycles. The van der Waals surface area contributed by atoms with E-state index in [0.29, 0.717) is 0 Å². The minimum absolute atomic E-state index is 0.816. The fourth-order valence-corrected chi connectivity index (χ4v) is 0.637. The molecule has 52 valence electrons. The maximum atomic E-state index is 4.07. The molecule has 0 N–H and O–H groups in total. The summed E-state index contributed by atoms with van der Waals surface area (Å²) in [7, 11) is 0. The second-order valence-corrected chi connectivity index (χ2v) is 1.88. The molecule has 10 heavy (non-hydrogen) atoms. The van der Waals surface area contributed by atoms with Crippen LogP contribution in [0.4, 0.5) is 0 Å². The van der Waals surface area contributed by atoms with Crippen LogP contribution >= 0.6 is 0 Å². The molecule has 0 bridgehead atoms. The fourth-order valence-electron chi connectivity index (χ4n) is 0.637. The first-order chi connectivity index (χ1) is 4.93. The summed E-state index contributed by atoms with van der Waals surface area (Å²) in [5, 5.41) is 0. The van der Waals surface area contributed by atoms with Gasteiger partial charge in [0.2, 0.25) is 0 Å². The first-order valence-corrected chi connectivity index (χ1v) is 3.34. The molecule has 2 heteroatoms. The average Bonchev–Trinajstić information content (AvgIpc) is 2.03. The van der Waals surface area contributed by atoms with Crippen molar-refractivity contribution in [1.82, 2.24) is 4.98 Å². The molecular formula is C8H10N2. The Morgan fingerprint density at radius 3 is 3.10 bits per heavy atom. The van der Waals surface area contributed by atoms with E-state index >= 15 is 0 Å². The Kier molecular flexibility index (Phi) is 2.62. The minimum atomic E-state index is 0.816. The Bertz CT molecular complexity index is 204. The van der Waals surface area contributed by atoms with Crippen molar-refractivity contribution in [3.05, 3.63) is 30.1 Å². The van der Waals surface area contributed by atoms with Gasteiger partial charge in [0.15, 0.2) is 0 Å². The minimum Gasteiger partial charge on any atom is -0.291 e. The van der Waals surface area contributed by atoms with E-state index in [9.17, 15) is 0 Å². The summed E-state index contributed by atoms with van der Waals surface area (Å²) in [5.74, 6) is 0. The number of aromatic nitrogens is 1. The normalized spacial score (nSPS) is 10.5. The highest BCUT2D eigenvalue weighted by atomic mass is 14.7. The van der Waals surface area contributed by atoms with Gasteiger partial charge < -0.3 is 0 Å². The van der Waals surface area contributed by atoms with Crippen LogP contribution in [-0.2, 0) is 0 Å². The van der Waals surface area contributed by atoms with Crippen molar-refractivity contribution in [2.45, 2.75) is 6.92 Å². The van der Waals surface area contributed by atoms with Gasteiger partial charge in [-0.05, 0) is 19.1 Å². The van der Waals surface area contributed by atoms with Gasteiger partial charge in [-0.25, -0.2) is 0 Å². The van der Waals surface area contributed by atoms with E-state index in [-0.39, 0.29) is 0 Å². The number of aliphatic imine (C=N–C) groups is 1. The molecule has 0 radical (unpaired) electrons. The van der Waals surface area contributed by atoms with Gasteiger partial charge in [0, 0.05) is 19.0 Å². The third kappa shape index (κ3) is 1.97. The predicted molar refractivity (Wildman–Crippen MR) is 42.4 cm³/mol. The van der Waals surface area contributed by atoms with Gasteiger partial charge in [0.05, 0.1) is 5.69 Å². The largest absolute Gasteiger partial charge is 0.291 e. The third-order valence-electron chi connectivity index (χ3n) is 1.09. The molecule has 1 aromatic heterocycles. The topological polar surface area (TPSA) is 25.2 Å². The quantitative estimate of drug-likeness (QED) is 0.563. The molecule has 0 atom stereocenters. The molecule has 0 fully saturated rings. The zero-order valence-corrected chi connectivity index (χ0v) is 5.99. The van der Waals surface area contributed by atoms with Gasteiger partial charge in [-0.1, -0.05) is 6.07 Å². The lowest BCUT2D eigenvalue weighted by Gasteiger charge is -1.87. The Morgan fingerprint density at radius 2 is 2.50 bits per heavy atom. The molecule has 1 rings (SSSR count). The SMILES string of the molecule is CC/N=C/c1ccccn1. The average molecular weight is 134 g/mol. The summed E-state index contributed by atoms with van der Waals surface area (Å²) in [6.07, 6.45) is 3.54. The molecule has 0 aromatic carbocycles. The lowest BCUT2D eigenvalue weighted by atomic mass is 10.4. The van der Waals surface area contributed by atoms with Gasteiger partial charge in [0.1, 0.15) is 0 Å². The number of nitrogens with zero attached hydrogens (tertiary/aromatic N) is 2. The zero-order valence-electron chi connectivity index (χ0n) is 5.99. The molecule has 1 aromatic rings. The number of hydrogen-bond acceptors (Lipinski definition) is 2. The van der Waals surface area contributed by atoms with E-state index in [1.807, 2.05) is 25.1 Å². The van der Waals surface area contributed by atoms with Gasteiger partial charge in [0.25, 0.3) is 0 Å². The molecule has 0 aliphatic carbocycles. The van der Waals surface area contributed by atoms with E-state index in [0.717, 1.165) is 12.2 Å². The van der Waals surface area contributed by atoms with Crippen molar-refractivity contribution in [3.8, 4) is 0 Å².